The number of ether oxygens (including phenoxy) is 1. The first kappa shape index (κ1) is 26.0. The molecule has 9 nitrogen and oxygen atoms in total. The van der Waals surface area contributed by atoms with Gasteiger partial charge in [0.1, 0.15) is 5.69 Å². The molecule has 0 bridgehead atoms. The summed E-state index contributed by atoms with van der Waals surface area (Å²) in [5.41, 5.74) is 1.33. The number of esters is 1. The predicted octanol–water partition coefficient (Wildman–Crippen LogP) is 3.58. The fourth-order valence-corrected chi connectivity index (χ4v) is 4.39. The van der Waals surface area contributed by atoms with Gasteiger partial charge in [-0.05, 0) is 38.2 Å². The van der Waals surface area contributed by atoms with Gasteiger partial charge < -0.3 is 24.4 Å². The van der Waals surface area contributed by atoms with E-state index >= 15 is 0 Å². The zero-order chi connectivity index (χ0) is 26.9. The summed E-state index contributed by atoms with van der Waals surface area (Å²) >= 11 is 0. The number of likely N-dealkylation sites (N-methyl/N-ethyl adjacent to an activating group) is 1. The molecule has 1 N–H and O–H groups in total. The summed E-state index contributed by atoms with van der Waals surface area (Å²) in [4.78, 5) is 44.4. The monoisotopic (exact) mass is 518 g/mol. The molecule has 0 saturated heterocycles. The number of nitrogens with zero attached hydrogens (tertiary/aromatic N) is 3. The van der Waals surface area contributed by atoms with E-state index in [1.165, 1.54) is 30.2 Å². The molecule has 1 amide bonds. The Kier molecular flexibility index (Phi) is 7.12. The van der Waals surface area contributed by atoms with E-state index in [0.29, 0.717) is 29.1 Å². The minimum atomic E-state index is -5.31. The van der Waals surface area contributed by atoms with Crippen LogP contribution in [0.1, 0.15) is 28.9 Å². The average Bonchev–Trinajstić information content (AvgIpc) is 3.25. The SMILES string of the molecule is CCn1cc(C2C(=O)N(CCNC)c3cc(C(=O)OC)ccc3N2OC(=O)C(F)(F)F)c2ccccc21. The Morgan fingerprint density at radius 2 is 1.84 bits per heavy atom. The number of carbonyl (C=O) groups excluding carboxylic acids is 3. The highest BCUT2D eigenvalue weighted by Gasteiger charge is 2.48. The number of hydrogen-bond donors (Lipinski definition) is 1. The van der Waals surface area contributed by atoms with Crippen LogP contribution in [-0.2, 0) is 25.7 Å². The number of hydroxylamine groups is 1. The van der Waals surface area contributed by atoms with E-state index in [0.717, 1.165) is 5.52 Å². The lowest BCUT2D eigenvalue weighted by Crippen LogP contribution is -2.51. The van der Waals surface area contributed by atoms with Gasteiger partial charge in [0.25, 0.3) is 5.91 Å². The second kappa shape index (κ2) is 10.1. The van der Waals surface area contributed by atoms with Crippen molar-refractivity contribution in [3.05, 3.63) is 59.8 Å². The number of nitrogens with one attached hydrogen (secondary N) is 1. The summed E-state index contributed by atoms with van der Waals surface area (Å²) in [5.74, 6) is -3.80. The number of benzene rings is 2. The average molecular weight is 518 g/mol. The maximum absolute atomic E-state index is 14.0. The molecule has 37 heavy (non-hydrogen) atoms. The van der Waals surface area contributed by atoms with Crippen molar-refractivity contribution in [1.29, 1.82) is 0 Å². The van der Waals surface area contributed by atoms with E-state index in [2.05, 4.69) is 5.32 Å². The molecule has 1 aliphatic rings. The van der Waals surface area contributed by atoms with Crippen molar-refractivity contribution in [1.82, 2.24) is 9.88 Å². The summed E-state index contributed by atoms with van der Waals surface area (Å²) in [7, 11) is 2.87. The van der Waals surface area contributed by atoms with Crippen molar-refractivity contribution >= 4 is 40.1 Å². The molecule has 12 heteroatoms. The summed E-state index contributed by atoms with van der Waals surface area (Å²) < 4.78 is 46.5. The molecule has 0 aliphatic carbocycles. The fourth-order valence-electron chi connectivity index (χ4n) is 4.39. The van der Waals surface area contributed by atoms with E-state index in [4.69, 9.17) is 9.57 Å². The molecule has 1 aliphatic heterocycles. The minimum Gasteiger partial charge on any atom is -0.465 e. The quantitative estimate of drug-likeness (QED) is 0.478. The van der Waals surface area contributed by atoms with Crippen LogP contribution in [0.25, 0.3) is 10.9 Å². The molecule has 1 unspecified atom stereocenters. The third-order valence-corrected chi connectivity index (χ3v) is 6.11. The lowest BCUT2D eigenvalue weighted by atomic mass is 9.99. The van der Waals surface area contributed by atoms with Gasteiger partial charge in [0.15, 0.2) is 6.04 Å². The highest BCUT2D eigenvalue weighted by Crippen LogP contribution is 2.45. The van der Waals surface area contributed by atoms with E-state index < -0.39 is 30.1 Å². The fraction of sp³-hybridized carbons (Fsp3) is 0.320. The second-order valence-corrected chi connectivity index (χ2v) is 8.28. The maximum Gasteiger partial charge on any atom is 0.493 e. The molecule has 0 radical (unpaired) electrons. The van der Waals surface area contributed by atoms with Crippen molar-refractivity contribution in [3.63, 3.8) is 0 Å². The Morgan fingerprint density at radius 3 is 2.49 bits per heavy atom. The highest BCUT2D eigenvalue weighted by atomic mass is 19.4. The number of carbonyl (C=O) groups is 3. The first-order valence-corrected chi connectivity index (χ1v) is 11.5. The van der Waals surface area contributed by atoms with Gasteiger partial charge in [0, 0.05) is 42.3 Å². The lowest BCUT2D eigenvalue weighted by Gasteiger charge is -2.41. The number of hydrogen-bond acceptors (Lipinski definition) is 7. The molecule has 0 saturated carbocycles. The molecule has 3 aromatic rings. The van der Waals surface area contributed by atoms with Gasteiger partial charge in [-0.25, -0.2) is 9.59 Å². The zero-order valence-corrected chi connectivity index (χ0v) is 20.3. The summed E-state index contributed by atoms with van der Waals surface area (Å²) in [6.45, 7) is 2.91. The Bertz CT molecular complexity index is 1350. The molecule has 0 spiro atoms. The number of para-hydroxylation sites is 1. The van der Waals surface area contributed by atoms with Crippen molar-refractivity contribution in [3.8, 4) is 0 Å². The van der Waals surface area contributed by atoms with Crippen LogP contribution >= 0.6 is 0 Å². The largest absolute Gasteiger partial charge is 0.493 e. The van der Waals surface area contributed by atoms with Gasteiger partial charge in [0.05, 0.1) is 18.4 Å². The number of methoxy groups -OCH3 is 1. The molecule has 2 heterocycles. The van der Waals surface area contributed by atoms with Crippen LogP contribution in [-0.4, -0.2) is 55.8 Å². The summed E-state index contributed by atoms with van der Waals surface area (Å²) in [6.07, 6.45) is -3.63. The van der Waals surface area contributed by atoms with Gasteiger partial charge in [-0.1, -0.05) is 18.2 Å². The second-order valence-electron chi connectivity index (χ2n) is 8.28. The van der Waals surface area contributed by atoms with Crippen LogP contribution in [0.2, 0.25) is 0 Å². The van der Waals surface area contributed by atoms with Crippen molar-refractivity contribution in [2.24, 2.45) is 0 Å². The number of aromatic nitrogens is 1. The van der Waals surface area contributed by atoms with Gasteiger partial charge in [-0.15, -0.1) is 0 Å². The number of rotatable bonds is 7. The topological polar surface area (TPSA) is 93.1 Å². The normalized spacial score (nSPS) is 15.6. The van der Waals surface area contributed by atoms with E-state index in [1.54, 1.807) is 25.4 Å². The lowest BCUT2D eigenvalue weighted by molar-refractivity contribution is -0.202. The highest BCUT2D eigenvalue weighted by molar-refractivity contribution is 6.09. The molecular formula is C25H25F3N4O5. The minimum absolute atomic E-state index is 0.0132. The summed E-state index contributed by atoms with van der Waals surface area (Å²) in [5, 5.41) is 4.25. The third-order valence-electron chi connectivity index (χ3n) is 6.11. The van der Waals surface area contributed by atoms with Crippen LogP contribution < -0.4 is 15.3 Å². The smallest absolute Gasteiger partial charge is 0.465 e. The van der Waals surface area contributed by atoms with Gasteiger partial charge >= 0.3 is 18.1 Å². The molecular weight excluding hydrogens is 493 g/mol. The summed E-state index contributed by atoms with van der Waals surface area (Å²) in [6, 6.07) is 9.71. The zero-order valence-electron chi connectivity index (χ0n) is 20.3. The third kappa shape index (κ3) is 4.71. The van der Waals surface area contributed by atoms with Crippen LogP contribution in [0.5, 0.6) is 0 Å². The Labute approximate surface area is 210 Å². The van der Waals surface area contributed by atoms with Crippen molar-refractivity contribution < 1.29 is 37.1 Å². The van der Waals surface area contributed by atoms with Crippen LogP contribution in [0.3, 0.4) is 0 Å². The number of anilines is 2. The Hall–Kier alpha value is -4.06. The molecule has 2 aromatic carbocycles. The predicted molar refractivity (Wildman–Crippen MR) is 129 cm³/mol. The van der Waals surface area contributed by atoms with Crippen molar-refractivity contribution in [2.45, 2.75) is 25.7 Å². The van der Waals surface area contributed by atoms with E-state index in [-0.39, 0.29) is 23.5 Å². The Balaban J connectivity index is 1.96. The number of fused-ring (bicyclic) bond motifs is 2. The molecule has 4 rings (SSSR count). The van der Waals surface area contributed by atoms with Crippen LogP contribution in [0.15, 0.2) is 48.7 Å². The van der Waals surface area contributed by atoms with Crippen LogP contribution in [0, 0.1) is 0 Å². The number of halogens is 3. The molecule has 196 valence electrons. The molecule has 0 fully saturated rings. The number of aryl methyl sites for hydroxylation is 1. The van der Waals surface area contributed by atoms with Gasteiger partial charge in [-0.2, -0.15) is 18.2 Å². The van der Waals surface area contributed by atoms with E-state index in [1.807, 2.05) is 23.6 Å². The number of alkyl halides is 3. The molecule has 1 atom stereocenters. The first-order chi connectivity index (χ1) is 17.6. The Morgan fingerprint density at radius 1 is 1.11 bits per heavy atom. The first-order valence-electron chi connectivity index (χ1n) is 11.5. The van der Waals surface area contributed by atoms with Gasteiger partial charge in [0.2, 0.25) is 0 Å². The van der Waals surface area contributed by atoms with Gasteiger partial charge in [-0.3, -0.25) is 4.79 Å². The maximum atomic E-state index is 14.0. The molecule has 1 aromatic heterocycles. The van der Waals surface area contributed by atoms with Crippen molar-refractivity contribution in [2.75, 3.05) is 37.2 Å². The standard InChI is InChI=1S/C25H25F3N4O5/c1-4-30-14-17(16-7-5-6-8-18(16)30)21-22(33)31(12-11-29-2)20-13-15(23(34)36-3)9-10-19(20)32(21)37-24(35)25(26,27)28/h5-10,13-14,21,29H,4,11-12H2,1-3H3. The van der Waals surface area contributed by atoms with Crippen LogP contribution in [0.4, 0.5) is 24.5 Å². The van der Waals surface area contributed by atoms with E-state index in [9.17, 15) is 27.6 Å². The number of amides is 1.